The minimum Gasteiger partial charge on any atom is -0.365 e. The summed E-state index contributed by atoms with van der Waals surface area (Å²) in [5, 5.41) is 5.19. The van der Waals surface area contributed by atoms with Crippen molar-refractivity contribution in [2.45, 2.75) is 32.5 Å². The Morgan fingerprint density at radius 2 is 1.80 bits per heavy atom. The lowest BCUT2D eigenvalue weighted by atomic mass is 10.1. The Balaban J connectivity index is 2.28. The van der Waals surface area contributed by atoms with Crippen LogP contribution >= 0.6 is 11.6 Å². The van der Waals surface area contributed by atoms with Crippen LogP contribution in [0.3, 0.4) is 0 Å². The third kappa shape index (κ3) is 5.32. The number of rotatable bonds is 3. The third-order valence-corrected chi connectivity index (χ3v) is 3.17. The Hall–Kier alpha value is -2.35. The van der Waals surface area contributed by atoms with Crippen molar-refractivity contribution in [3.63, 3.8) is 0 Å². The van der Waals surface area contributed by atoms with Crippen molar-refractivity contribution in [2.24, 2.45) is 0 Å². The zero-order chi connectivity index (χ0) is 18.8. The van der Waals surface area contributed by atoms with Gasteiger partial charge in [-0.25, -0.2) is 9.97 Å². The predicted molar refractivity (Wildman–Crippen MR) is 89.8 cm³/mol. The average Bonchev–Trinajstić information content (AvgIpc) is 2.46. The Morgan fingerprint density at radius 3 is 2.40 bits per heavy atom. The van der Waals surface area contributed by atoms with E-state index in [1.165, 1.54) is 12.1 Å². The topological polar surface area (TPSA) is 66.9 Å². The zero-order valence-corrected chi connectivity index (χ0v) is 14.5. The summed E-state index contributed by atoms with van der Waals surface area (Å²) in [6, 6.07) is 4.48. The number of halogens is 4. The van der Waals surface area contributed by atoms with Gasteiger partial charge in [-0.15, -0.1) is 0 Å². The van der Waals surface area contributed by atoms with Crippen molar-refractivity contribution in [3.8, 4) is 0 Å². The van der Waals surface area contributed by atoms with Crippen LogP contribution in [0.5, 0.6) is 0 Å². The van der Waals surface area contributed by atoms with E-state index < -0.39 is 23.3 Å². The fourth-order valence-electron chi connectivity index (χ4n) is 1.98. The minimum atomic E-state index is -4.65. The number of nitrogens with one attached hydrogen (secondary N) is 2. The summed E-state index contributed by atoms with van der Waals surface area (Å²) < 4.78 is 39.3. The number of amides is 1. The van der Waals surface area contributed by atoms with Gasteiger partial charge in [-0.3, -0.25) is 4.79 Å². The largest absolute Gasteiger partial charge is 0.418 e. The van der Waals surface area contributed by atoms with Gasteiger partial charge in [-0.1, -0.05) is 11.6 Å². The molecule has 0 aliphatic heterocycles. The lowest BCUT2D eigenvalue weighted by Gasteiger charge is -2.21. The van der Waals surface area contributed by atoms with E-state index in [1.807, 2.05) is 20.8 Å². The lowest BCUT2D eigenvalue weighted by molar-refractivity contribution is -0.136. The van der Waals surface area contributed by atoms with Crippen LogP contribution in [0.1, 0.15) is 36.8 Å². The van der Waals surface area contributed by atoms with Gasteiger partial charge in [-0.05, 0) is 39.0 Å². The average molecular weight is 373 g/mol. The second-order valence-corrected chi connectivity index (χ2v) is 6.74. The minimum absolute atomic E-state index is 0.0650. The summed E-state index contributed by atoms with van der Waals surface area (Å²) in [6.45, 7) is 5.70. The summed E-state index contributed by atoms with van der Waals surface area (Å²) in [4.78, 5) is 20.1. The van der Waals surface area contributed by atoms with Crippen LogP contribution in [-0.4, -0.2) is 21.4 Å². The summed E-state index contributed by atoms with van der Waals surface area (Å²) >= 11 is 5.62. The molecule has 1 amide bonds. The lowest BCUT2D eigenvalue weighted by Crippen LogP contribution is -2.27. The molecule has 0 aliphatic rings. The molecule has 2 aromatic rings. The molecule has 0 bridgehead atoms. The van der Waals surface area contributed by atoms with Crippen molar-refractivity contribution in [1.29, 1.82) is 0 Å². The van der Waals surface area contributed by atoms with Gasteiger partial charge in [0.1, 0.15) is 17.8 Å². The molecule has 25 heavy (non-hydrogen) atoms. The molecular formula is C16H16ClF3N4O. The van der Waals surface area contributed by atoms with Crippen LogP contribution in [0.2, 0.25) is 5.02 Å². The Kier molecular flexibility index (Phi) is 5.22. The van der Waals surface area contributed by atoms with Gasteiger partial charge >= 0.3 is 6.18 Å². The molecule has 1 aromatic carbocycles. The van der Waals surface area contributed by atoms with Gasteiger partial charge < -0.3 is 10.6 Å². The van der Waals surface area contributed by atoms with Crippen molar-refractivity contribution in [2.75, 3.05) is 10.6 Å². The smallest absolute Gasteiger partial charge is 0.365 e. The van der Waals surface area contributed by atoms with Crippen LogP contribution in [0, 0.1) is 0 Å². The fraction of sp³-hybridized carbons (Fsp3) is 0.312. The molecule has 0 aliphatic carbocycles. The van der Waals surface area contributed by atoms with E-state index in [0.717, 1.165) is 18.5 Å². The van der Waals surface area contributed by atoms with Gasteiger partial charge in [-0.2, -0.15) is 13.2 Å². The highest BCUT2D eigenvalue weighted by atomic mass is 35.5. The first kappa shape index (κ1) is 19.0. The summed E-state index contributed by atoms with van der Waals surface area (Å²) in [5.41, 5.74) is -1.80. The molecule has 1 heterocycles. The Morgan fingerprint density at radius 1 is 1.12 bits per heavy atom. The molecule has 1 aromatic heterocycles. The maximum atomic E-state index is 13.1. The van der Waals surface area contributed by atoms with Crippen molar-refractivity contribution >= 4 is 29.0 Å². The highest BCUT2D eigenvalue weighted by molar-refractivity contribution is 6.30. The van der Waals surface area contributed by atoms with E-state index in [0.29, 0.717) is 5.82 Å². The molecule has 0 radical (unpaired) electrons. The molecule has 134 valence electrons. The number of carbonyl (C=O) groups is 1. The van der Waals surface area contributed by atoms with Crippen LogP contribution in [0.15, 0.2) is 30.6 Å². The van der Waals surface area contributed by atoms with Crippen LogP contribution < -0.4 is 10.6 Å². The van der Waals surface area contributed by atoms with E-state index >= 15 is 0 Å². The second-order valence-electron chi connectivity index (χ2n) is 6.31. The Bertz CT molecular complexity index is 788. The molecule has 0 atom stereocenters. The quantitative estimate of drug-likeness (QED) is 0.825. The van der Waals surface area contributed by atoms with E-state index in [4.69, 9.17) is 11.6 Å². The van der Waals surface area contributed by atoms with E-state index in [-0.39, 0.29) is 16.3 Å². The number of hydrogen-bond acceptors (Lipinski definition) is 4. The van der Waals surface area contributed by atoms with Crippen molar-refractivity contribution in [1.82, 2.24) is 9.97 Å². The summed E-state index contributed by atoms with van der Waals surface area (Å²) in [7, 11) is 0. The van der Waals surface area contributed by atoms with Crippen LogP contribution in [-0.2, 0) is 6.18 Å². The molecule has 0 unspecified atom stereocenters. The third-order valence-electron chi connectivity index (χ3n) is 2.94. The van der Waals surface area contributed by atoms with E-state index in [1.54, 1.807) is 0 Å². The van der Waals surface area contributed by atoms with Gasteiger partial charge in [0, 0.05) is 16.6 Å². The van der Waals surface area contributed by atoms with Gasteiger partial charge in [0.15, 0.2) is 0 Å². The maximum Gasteiger partial charge on any atom is 0.418 e. The van der Waals surface area contributed by atoms with Gasteiger partial charge in [0.25, 0.3) is 5.91 Å². The maximum absolute atomic E-state index is 13.1. The first-order valence-corrected chi connectivity index (χ1v) is 7.62. The number of benzene rings is 1. The van der Waals surface area contributed by atoms with Gasteiger partial charge in [0.2, 0.25) is 0 Å². The molecule has 2 rings (SSSR count). The molecule has 0 fully saturated rings. The van der Waals surface area contributed by atoms with E-state index in [9.17, 15) is 18.0 Å². The fourth-order valence-corrected chi connectivity index (χ4v) is 2.15. The highest BCUT2D eigenvalue weighted by Gasteiger charge is 2.34. The number of alkyl halides is 3. The molecule has 9 heteroatoms. The highest BCUT2D eigenvalue weighted by Crippen LogP contribution is 2.36. The molecule has 2 N–H and O–H groups in total. The number of aromatic nitrogens is 2. The molecule has 0 saturated carbocycles. The zero-order valence-electron chi connectivity index (χ0n) is 13.7. The first-order chi connectivity index (χ1) is 11.5. The SMILES string of the molecule is CC(C)(C)Nc1cc(C(=O)Nc2ccc(Cl)cc2C(F)(F)F)ncn1. The number of anilines is 2. The molecular weight excluding hydrogens is 357 g/mol. The molecule has 0 saturated heterocycles. The number of hydrogen-bond donors (Lipinski definition) is 2. The number of carbonyl (C=O) groups excluding carboxylic acids is 1. The number of nitrogens with zero attached hydrogens (tertiary/aromatic N) is 2. The predicted octanol–water partition coefficient (Wildman–Crippen LogP) is 4.61. The standard InChI is InChI=1S/C16H16ClF3N4O/c1-15(2,3)24-13-7-12(21-8-22-13)14(25)23-11-5-4-9(17)6-10(11)16(18,19)20/h4-8H,1-3H3,(H,23,25)(H,21,22,24). The van der Waals surface area contributed by atoms with E-state index in [2.05, 4.69) is 20.6 Å². The normalized spacial score (nSPS) is 12.0. The summed E-state index contributed by atoms with van der Waals surface area (Å²) in [5.74, 6) is -0.396. The first-order valence-electron chi connectivity index (χ1n) is 7.24. The second kappa shape index (κ2) is 6.87. The molecule has 5 nitrogen and oxygen atoms in total. The molecule has 0 spiro atoms. The monoisotopic (exact) mass is 372 g/mol. The van der Waals surface area contributed by atoms with Crippen molar-refractivity contribution in [3.05, 3.63) is 46.9 Å². The van der Waals surface area contributed by atoms with Crippen LogP contribution in [0.25, 0.3) is 0 Å². The van der Waals surface area contributed by atoms with Crippen molar-refractivity contribution < 1.29 is 18.0 Å². The van der Waals surface area contributed by atoms with Gasteiger partial charge in [0.05, 0.1) is 11.3 Å². The summed E-state index contributed by atoms with van der Waals surface area (Å²) in [6.07, 6.45) is -3.49. The Labute approximate surface area is 147 Å². The van der Waals surface area contributed by atoms with Crippen LogP contribution in [0.4, 0.5) is 24.7 Å².